The first kappa shape index (κ1) is 16.1. The van der Waals surface area contributed by atoms with Gasteiger partial charge in [-0.2, -0.15) is 0 Å². The lowest BCUT2D eigenvalue weighted by atomic mass is 9.85. The van der Waals surface area contributed by atoms with E-state index in [-0.39, 0.29) is 28.6 Å². The number of rotatable bonds is 3. The monoisotopic (exact) mass is 338 g/mol. The van der Waals surface area contributed by atoms with Crippen LogP contribution in [0.1, 0.15) is 71.7 Å². The van der Waals surface area contributed by atoms with E-state index in [1.165, 1.54) is 0 Å². The normalized spacial score (nSPS) is 19.0. The Hall–Kier alpha value is -2.36. The van der Waals surface area contributed by atoms with Crippen molar-refractivity contribution < 1.29 is 14.3 Å². The fourth-order valence-corrected chi connectivity index (χ4v) is 3.96. The molecule has 1 N–H and O–H groups in total. The zero-order valence-electron chi connectivity index (χ0n) is 14.2. The van der Waals surface area contributed by atoms with E-state index in [1.54, 1.807) is 0 Å². The van der Waals surface area contributed by atoms with Gasteiger partial charge in [0.1, 0.15) is 11.5 Å². The van der Waals surface area contributed by atoms with Crippen molar-refractivity contribution in [1.82, 2.24) is 0 Å². The van der Waals surface area contributed by atoms with Crippen LogP contribution in [0.2, 0.25) is 0 Å². The number of aromatic hydroxyl groups is 1. The highest BCUT2D eigenvalue weighted by Gasteiger charge is 2.39. The minimum absolute atomic E-state index is 0.111. The van der Waals surface area contributed by atoms with Crippen LogP contribution in [0, 0.1) is 5.92 Å². The summed E-state index contributed by atoms with van der Waals surface area (Å²) in [5.41, 5.74) is 1.01. The summed E-state index contributed by atoms with van der Waals surface area (Å²) < 4.78 is 5.56. The third-order valence-corrected chi connectivity index (χ3v) is 5.36. The molecular weight excluding hydrogens is 316 g/mol. The quantitative estimate of drug-likeness (QED) is 0.911. The molecule has 0 amide bonds. The van der Waals surface area contributed by atoms with E-state index < -0.39 is 5.63 Å². The second-order valence-corrected chi connectivity index (χ2v) is 7.16. The second kappa shape index (κ2) is 6.51. The average molecular weight is 338 g/mol. The van der Waals surface area contributed by atoms with E-state index in [0.717, 1.165) is 37.7 Å². The molecule has 4 heteroatoms. The molecule has 1 unspecified atom stereocenters. The summed E-state index contributed by atoms with van der Waals surface area (Å²) in [6.45, 7) is 0. The minimum Gasteiger partial charge on any atom is -0.506 e. The van der Waals surface area contributed by atoms with Gasteiger partial charge in [0.05, 0.1) is 11.1 Å². The van der Waals surface area contributed by atoms with Gasteiger partial charge in [0, 0.05) is 18.8 Å². The van der Waals surface area contributed by atoms with Crippen LogP contribution < -0.4 is 5.63 Å². The molecule has 0 spiro atoms. The number of carbonyl (C=O) groups is 1. The van der Waals surface area contributed by atoms with E-state index in [9.17, 15) is 14.7 Å². The minimum atomic E-state index is -0.495. The molecule has 1 fully saturated rings. The Labute approximate surface area is 146 Å². The van der Waals surface area contributed by atoms with Crippen molar-refractivity contribution in [2.24, 2.45) is 5.92 Å². The molecule has 0 radical (unpaired) electrons. The SMILES string of the molecule is O=C1CCCCCc2oc(=O)c(C(c3ccccc3)C3CC3)c(O)c21. The smallest absolute Gasteiger partial charge is 0.343 e. The van der Waals surface area contributed by atoms with Gasteiger partial charge < -0.3 is 9.52 Å². The van der Waals surface area contributed by atoms with Gasteiger partial charge in [-0.3, -0.25) is 4.79 Å². The molecule has 4 rings (SSSR count). The Bertz CT molecular complexity index is 846. The van der Waals surface area contributed by atoms with E-state index in [2.05, 4.69) is 0 Å². The molecule has 1 heterocycles. The van der Waals surface area contributed by atoms with Crippen molar-refractivity contribution in [2.45, 2.75) is 50.9 Å². The first-order chi connectivity index (χ1) is 12.2. The van der Waals surface area contributed by atoms with Crippen LogP contribution in [-0.2, 0) is 6.42 Å². The maximum Gasteiger partial charge on any atom is 0.343 e. The van der Waals surface area contributed by atoms with Gasteiger partial charge in [0.2, 0.25) is 0 Å². The second-order valence-electron chi connectivity index (χ2n) is 7.16. The number of ketones is 1. The fourth-order valence-electron chi connectivity index (χ4n) is 3.96. The van der Waals surface area contributed by atoms with Gasteiger partial charge in [0.25, 0.3) is 0 Å². The Morgan fingerprint density at radius 2 is 1.72 bits per heavy atom. The molecule has 4 nitrogen and oxygen atoms in total. The van der Waals surface area contributed by atoms with Crippen LogP contribution in [0.5, 0.6) is 5.75 Å². The van der Waals surface area contributed by atoms with Crippen molar-refractivity contribution in [2.75, 3.05) is 0 Å². The molecule has 0 aliphatic heterocycles. The van der Waals surface area contributed by atoms with Gasteiger partial charge in [0.15, 0.2) is 5.78 Å². The van der Waals surface area contributed by atoms with Crippen LogP contribution in [0.3, 0.4) is 0 Å². The predicted molar refractivity (Wildman–Crippen MR) is 94.2 cm³/mol. The summed E-state index contributed by atoms with van der Waals surface area (Å²) in [7, 11) is 0. The highest BCUT2D eigenvalue weighted by molar-refractivity contribution is 5.99. The highest BCUT2D eigenvalue weighted by atomic mass is 16.4. The Morgan fingerprint density at radius 3 is 2.44 bits per heavy atom. The molecule has 1 saturated carbocycles. The van der Waals surface area contributed by atoms with E-state index >= 15 is 0 Å². The topological polar surface area (TPSA) is 67.5 Å². The van der Waals surface area contributed by atoms with Crippen LogP contribution in [0.15, 0.2) is 39.5 Å². The standard InChI is InChI=1S/C21H22O4/c22-15-9-5-2-6-10-16-18(15)20(23)19(21(24)25-16)17(14-11-12-14)13-7-3-1-4-8-13/h1,3-4,7-8,14,17,23H,2,5-6,9-12H2. The van der Waals surface area contributed by atoms with Gasteiger partial charge in [-0.15, -0.1) is 0 Å². The zero-order chi connectivity index (χ0) is 17.4. The largest absolute Gasteiger partial charge is 0.506 e. The van der Waals surface area contributed by atoms with Gasteiger partial charge in [-0.1, -0.05) is 36.8 Å². The molecule has 2 aromatic rings. The number of aryl methyl sites for hydroxylation is 1. The van der Waals surface area contributed by atoms with Crippen LogP contribution in [0.25, 0.3) is 0 Å². The summed E-state index contributed by atoms with van der Waals surface area (Å²) in [4.78, 5) is 25.3. The summed E-state index contributed by atoms with van der Waals surface area (Å²) in [6.07, 6.45) is 5.58. The number of fused-ring (bicyclic) bond motifs is 1. The van der Waals surface area contributed by atoms with Crippen LogP contribution in [-0.4, -0.2) is 10.9 Å². The molecule has 0 saturated heterocycles. The van der Waals surface area contributed by atoms with E-state index in [0.29, 0.717) is 24.5 Å². The van der Waals surface area contributed by atoms with Gasteiger partial charge in [-0.25, -0.2) is 4.79 Å². The van der Waals surface area contributed by atoms with Gasteiger partial charge >= 0.3 is 5.63 Å². The molecule has 1 aromatic heterocycles. The first-order valence-corrected chi connectivity index (χ1v) is 9.14. The summed E-state index contributed by atoms with van der Waals surface area (Å²) in [6, 6.07) is 9.74. The lowest BCUT2D eigenvalue weighted by Gasteiger charge is -2.20. The maximum absolute atomic E-state index is 12.7. The van der Waals surface area contributed by atoms with Crippen molar-refractivity contribution in [3.8, 4) is 5.75 Å². The van der Waals surface area contributed by atoms with Crippen molar-refractivity contribution in [3.63, 3.8) is 0 Å². The third-order valence-electron chi connectivity index (χ3n) is 5.36. The first-order valence-electron chi connectivity index (χ1n) is 9.14. The summed E-state index contributed by atoms with van der Waals surface area (Å²) in [5.74, 6) is 0.219. The lowest BCUT2D eigenvalue weighted by Crippen LogP contribution is -2.20. The summed E-state index contributed by atoms with van der Waals surface area (Å²) >= 11 is 0. The molecule has 1 aromatic carbocycles. The molecule has 130 valence electrons. The number of benzene rings is 1. The molecule has 2 aliphatic carbocycles. The van der Waals surface area contributed by atoms with Crippen molar-refractivity contribution >= 4 is 5.78 Å². The maximum atomic E-state index is 12.7. The predicted octanol–water partition coefficient (Wildman–Crippen LogP) is 4.19. The van der Waals surface area contributed by atoms with Crippen LogP contribution in [0.4, 0.5) is 0 Å². The van der Waals surface area contributed by atoms with E-state index in [1.807, 2.05) is 30.3 Å². The Morgan fingerprint density at radius 1 is 1.00 bits per heavy atom. The highest BCUT2D eigenvalue weighted by Crippen LogP contribution is 2.48. The fraction of sp³-hybridized carbons (Fsp3) is 0.429. The Balaban J connectivity index is 1.89. The molecular formula is C21H22O4. The molecule has 0 bridgehead atoms. The summed E-state index contributed by atoms with van der Waals surface area (Å²) in [5, 5.41) is 10.9. The van der Waals surface area contributed by atoms with E-state index in [4.69, 9.17) is 4.42 Å². The van der Waals surface area contributed by atoms with Gasteiger partial charge in [-0.05, 0) is 37.2 Å². The average Bonchev–Trinajstić information content (AvgIpc) is 3.41. The molecule has 2 aliphatic rings. The van der Waals surface area contributed by atoms with Crippen LogP contribution >= 0.6 is 0 Å². The molecule has 1 atom stereocenters. The number of hydrogen-bond acceptors (Lipinski definition) is 4. The molecule has 25 heavy (non-hydrogen) atoms. The van der Waals surface area contributed by atoms with Crippen molar-refractivity contribution in [1.29, 1.82) is 0 Å². The number of hydrogen-bond donors (Lipinski definition) is 1. The lowest BCUT2D eigenvalue weighted by molar-refractivity contribution is 0.0968. The zero-order valence-corrected chi connectivity index (χ0v) is 14.2. The van der Waals surface area contributed by atoms with Crippen molar-refractivity contribution in [3.05, 3.63) is 63.2 Å². The third kappa shape index (κ3) is 3.01. The Kier molecular flexibility index (Phi) is 4.20. The number of Topliss-reactive ketones (excluding diaryl/α,β-unsaturated/α-hetero) is 1. The number of carbonyl (C=O) groups excluding carboxylic acids is 1.